The quantitative estimate of drug-likeness (QED) is 0.180. The maximum absolute atomic E-state index is 10.0. The van der Waals surface area contributed by atoms with Gasteiger partial charge in [0, 0.05) is 31.9 Å². The number of hydrogen-bond acceptors (Lipinski definition) is 3. The molecule has 0 saturated carbocycles. The number of ketones is 1. The van der Waals surface area contributed by atoms with Crippen LogP contribution in [-0.4, -0.2) is 20.4 Å². The van der Waals surface area contributed by atoms with Crippen LogP contribution in [0.15, 0.2) is 84.6 Å². The van der Waals surface area contributed by atoms with E-state index in [-0.39, 0.29) is 31.6 Å². The van der Waals surface area contributed by atoms with E-state index in [9.17, 15) is 4.79 Å². The Morgan fingerprint density at radius 2 is 1.77 bits per heavy atom. The van der Waals surface area contributed by atoms with Crippen LogP contribution in [0.5, 0.6) is 0 Å². The molecule has 1 radical (unpaired) electrons. The van der Waals surface area contributed by atoms with Crippen molar-refractivity contribution in [2.45, 2.75) is 13.8 Å². The first-order valence-electron chi connectivity index (χ1n) is 9.30. The largest absolute Gasteiger partial charge is 0.512 e. The summed E-state index contributed by atoms with van der Waals surface area (Å²) in [6.07, 6.45) is 1.17. The Hall–Kier alpha value is -3.52. The van der Waals surface area contributed by atoms with Crippen LogP contribution in [0.25, 0.3) is 33.0 Å². The summed E-state index contributed by atoms with van der Waals surface area (Å²) in [6, 6.07) is 26.7. The van der Waals surface area contributed by atoms with Crippen LogP contribution in [0.2, 0.25) is 0 Å². The number of carbonyl (C=O) groups excluding carboxylic acids is 1. The number of carbonyl (C=O) groups is 1. The van der Waals surface area contributed by atoms with Crippen LogP contribution in [0, 0.1) is 12.6 Å². The van der Waals surface area contributed by atoms with Crippen LogP contribution in [0.3, 0.4) is 0 Å². The van der Waals surface area contributed by atoms with E-state index in [1.54, 1.807) is 12.1 Å². The number of aliphatic hydroxyl groups is 1. The van der Waals surface area contributed by atoms with Crippen molar-refractivity contribution in [3.63, 3.8) is 0 Å². The first-order valence-corrected chi connectivity index (χ1v) is 9.30. The first kappa shape index (κ1) is 23.8. The molecule has 0 aliphatic carbocycles. The average Bonchev–Trinajstić information content (AvgIpc) is 3.13. The Labute approximate surface area is 194 Å². The summed E-state index contributed by atoms with van der Waals surface area (Å²) in [4.78, 5) is 18.3. The van der Waals surface area contributed by atoms with E-state index in [0.29, 0.717) is 5.69 Å². The Bertz CT molecular complexity index is 1250. The van der Waals surface area contributed by atoms with E-state index in [2.05, 4.69) is 33.7 Å². The minimum atomic E-state index is -0.125. The summed E-state index contributed by atoms with van der Waals surface area (Å²) >= 11 is 0. The Balaban J connectivity index is 0.000000373. The molecule has 157 valence electrons. The average molecular weight is 587 g/mol. The minimum Gasteiger partial charge on any atom is -0.512 e. The number of fused-ring (bicyclic) bond motifs is 1. The Morgan fingerprint density at radius 1 is 1.10 bits per heavy atom. The number of para-hydroxylation sites is 3. The number of allylic oxidation sites excluding steroid dienone is 2. The maximum Gasteiger partial charge on any atom is 0.155 e. The number of aliphatic hydroxyl groups excluding tert-OH is 1. The third kappa shape index (κ3) is 5.99. The fourth-order valence-corrected chi connectivity index (χ4v) is 2.99. The van der Waals surface area contributed by atoms with Crippen molar-refractivity contribution in [3.05, 3.63) is 102 Å². The SMILES string of the molecule is CC(=O)/C=C(/C)O.[C-]#[N+]c1cc[c-]c(-c2nc3ccccc3n2-c2ccccc2)c1.[Ir]. The van der Waals surface area contributed by atoms with Crippen molar-refractivity contribution in [2.75, 3.05) is 0 Å². The molecular weight excluding hydrogens is 567 g/mol. The van der Waals surface area contributed by atoms with Crippen molar-refractivity contribution >= 4 is 22.5 Å². The smallest absolute Gasteiger partial charge is 0.155 e. The Morgan fingerprint density at radius 3 is 2.39 bits per heavy atom. The zero-order valence-electron chi connectivity index (χ0n) is 17.0. The van der Waals surface area contributed by atoms with E-state index in [0.717, 1.165) is 28.1 Å². The van der Waals surface area contributed by atoms with Crippen molar-refractivity contribution in [1.29, 1.82) is 0 Å². The van der Waals surface area contributed by atoms with Gasteiger partial charge in [0.25, 0.3) is 0 Å². The van der Waals surface area contributed by atoms with Crippen molar-refractivity contribution in [1.82, 2.24) is 9.55 Å². The van der Waals surface area contributed by atoms with Gasteiger partial charge in [0.15, 0.2) is 5.78 Å². The molecule has 31 heavy (non-hydrogen) atoms. The number of imidazole rings is 1. The molecule has 1 heterocycles. The van der Waals surface area contributed by atoms with Gasteiger partial charge in [-0.25, -0.2) is 0 Å². The second kappa shape index (κ2) is 11.0. The summed E-state index contributed by atoms with van der Waals surface area (Å²) in [5.41, 5.74) is 4.41. The summed E-state index contributed by atoms with van der Waals surface area (Å²) in [5.74, 6) is 0.732. The van der Waals surface area contributed by atoms with Gasteiger partial charge in [-0.2, -0.15) is 6.07 Å². The van der Waals surface area contributed by atoms with Crippen LogP contribution < -0.4 is 0 Å². The predicted molar refractivity (Wildman–Crippen MR) is 119 cm³/mol. The zero-order valence-corrected chi connectivity index (χ0v) is 19.4. The van der Waals surface area contributed by atoms with Gasteiger partial charge in [-0.05, 0) is 38.1 Å². The van der Waals surface area contributed by atoms with Crippen LogP contribution >= 0.6 is 0 Å². The molecule has 1 aromatic heterocycles. The van der Waals surface area contributed by atoms with Gasteiger partial charge in [0.05, 0.1) is 29.2 Å². The van der Waals surface area contributed by atoms with Gasteiger partial charge in [0.1, 0.15) is 5.69 Å². The first-order chi connectivity index (χ1) is 14.5. The third-order valence-corrected chi connectivity index (χ3v) is 4.14. The molecule has 6 heteroatoms. The summed E-state index contributed by atoms with van der Waals surface area (Å²) in [7, 11) is 0. The molecule has 5 nitrogen and oxygen atoms in total. The molecule has 0 saturated heterocycles. The molecule has 4 rings (SSSR count). The van der Waals surface area contributed by atoms with Crippen molar-refractivity contribution in [3.8, 4) is 17.1 Å². The predicted octanol–water partition coefficient (Wildman–Crippen LogP) is 6.08. The topological polar surface area (TPSA) is 59.5 Å². The molecule has 3 aromatic carbocycles. The molecular formula is C25H20IrN3O2-. The summed E-state index contributed by atoms with van der Waals surface area (Å²) < 4.78 is 2.11. The number of nitrogens with zero attached hydrogens (tertiary/aromatic N) is 3. The normalized spacial score (nSPS) is 10.4. The van der Waals surface area contributed by atoms with Gasteiger partial charge in [-0.3, -0.25) is 14.6 Å². The molecule has 0 spiro atoms. The van der Waals surface area contributed by atoms with E-state index < -0.39 is 0 Å². The zero-order chi connectivity index (χ0) is 21.5. The number of benzene rings is 3. The summed E-state index contributed by atoms with van der Waals surface area (Å²) in [5, 5.41) is 8.36. The van der Waals surface area contributed by atoms with E-state index >= 15 is 0 Å². The van der Waals surface area contributed by atoms with Crippen molar-refractivity contribution < 1.29 is 30.0 Å². The molecule has 4 aromatic rings. The Kier molecular flexibility index (Phi) is 8.45. The molecule has 1 N–H and O–H groups in total. The molecule has 0 unspecified atom stereocenters. The van der Waals surface area contributed by atoms with E-state index in [1.807, 2.05) is 42.5 Å². The van der Waals surface area contributed by atoms with Gasteiger partial charge in [-0.15, -0.1) is 23.8 Å². The second-order valence-corrected chi connectivity index (χ2v) is 6.56. The fraction of sp³-hybridized carbons (Fsp3) is 0.0800. The van der Waals surface area contributed by atoms with Crippen LogP contribution in [0.1, 0.15) is 13.8 Å². The monoisotopic (exact) mass is 587 g/mol. The molecule has 0 atom stereocenters. The molecule has 0 fully saturated rings. The van der Waals surface area contributed by atoms with Gasteiger partial charge < -0.3 is 9.67 Å². The minimum absolute atomic E-state index is 0. The second-order valence-electron chi connectivity index (χ2n) is 6.56. The van der Waals surface area contributed by atoms with Gasteiger partial charge >= 0.3 is 0 Å². The fourth-order valence-electron chi connectivity index (χ4n) is 2.99. The van der Waals surface area contributed by atoms with Gasteiger partial charge in [0.2, 0.25) is 0 Å². The molecule has 0 aliphatic heterocycles. The molecule has 0 bridgehead atoms. The van der Waals surface area contributed by atoms with Gasteiger partial charge in [-0.1, -0.05) is 30.3 Å². The van der Waals surface area contributed by atoms with Crippen molar-refractivity contribution in [2.24, 2.45) is 0 Å². The number of hydrogen-bond donors (Lipinski definition) is 1. The number of aromatic nitrogens is 2. The van der Waals surface area contributed by atoms with E-state index in [1.165, 1.54) is 19.9 Å². The molecule has 0 aliphatic rings. The molecule has 0 amide bonds. The third-order valence-electron chi connectivity index (χ3n) is 4.14. The van der Waals surface area contributed by atoms with Crippen LogP contribution in [-0.2, 0) is 24.9 Å². The van der Waals surface area contributed by atoms with Crippen LogP contribution in [0.4, 0.5) is 5.69 Å². The standard InChI is InChI=1S/C20H12N3.C5H8O2.Ir/c1-21-16-9-7-8-15(14-16)20-22-18-12-5-6-13-19(18)23(20)17-10-3-2-4-11-17;1-4(6)3-5(2)7;/h2-7,9-14H;3,6H,1-2H3;/q-1;;/b;4-3-;. The maximum atomic E-state index is 10.0. The summed E-state index contributed by atoms with van der Waals surface area (Å²) in [6.45, 7) is 10.1. The number of rotatable bonds is 3. The van der Waals surface area contributed by atoms with E-state index in [4.69, 9.17) is 16.7 Å².